The Morgan fingerprint density at radius 2 is 1.89 bits per heavy atom. The van der Waals surface area contributed by atoms with Crippen LogP contribution < -0.4 is 0 Å². The van der Waals surface area contributed by atoms with Crippen molar-refractivity contribution in [2.45, 2.75) is 23.6 Å². The monoisotopic (exact) mass is 336 g/mol. The van der Waals surface area contributed by atoms with Gasteiger partial charge in [-0.3, -0.25) is 4.79 Å². The molecule has 98 valence electrons. The lowest BCUT2D eigenvalue weighted by Gasteiger charge is -2.07. The van der Waals surface area contributed by atoms with Gasteiger partial charge in [0.15, 0.2) is 5.78 Å². The molecular formula is C15H13BrO2S. The van der Waals surface area contributed by atoms with Crippen LogP contribution >= 0.6 is 15.9 Å². The maximum Gasteiger partial charge on any atom is 0.159 e. The molecule has 0 radical (unpaired) electrons. The maximum absolute atomic E-state index is 12.5. The van der Waals surface area contributed by atoms with Crippen LogP contribution in [-0.4, -0.2) is 9.99 Å². The lowest BCUT2D eigenvalue weighted by Crippen LogP contribution is -1.98. The van der Waals surface area contributed by atoms with Gasteiger partial charge in [0.1, 0.15) is 0 Å². The van der Waals surface area contributed by atoms with Crippen LogP contribution in [0.3, 0.4) is 0 Å². The molecule has 0 fully saturated rings. The SMILES string of the molecule is CC(=O)c1ccc(S(=O)c2cccc(C)c2)c(Br)c1. The van der Waals surface area contributed by atoms with E-state index in [1.54, 1.807) is 18.2 Å². The van der Waals surface area contributed by atoms with Gasteiger partial charge in [0.25, 0.3) is 0 Å². The van der Waals surface area contributed by atoms with E-state index in [1.165, 1.54) is 6.92 Å². The first-order chi connectivity index (χ1) is 8.99. The zero-order valence-corrected chi connectivity index (χ0v) is 13.0. The number of carbonyl (C=O) groups excluding carboxylic acids is 1. The molecule has 2 nitrogen and oxygen atoms in total. The summed E-state index contributed by atoms with van der Waals surface area (Å²) in [4.78, 5) is 12.7. The van der Waals surface area contributed by atoms with Gasteiger partial charge < -0.3 is 0 Å². The summed E-state index contributed by atoms with van der Waals surface area (Å²) in [6, 6.07) is 12.8. The summed E-state index contributed by atoms with van der Waals surface area (Å²) in [5, 5.41) is 0. The van der Waals surface area contributed by atoms with Crippen LogP contribution in [0.15, 0.2) is 56.7 Å². The third-order valence-electron chi connectivity index (χ3n) is 2.74. The molecule has 0 bridgehead atoms. The highest BCUT2D eigenvalue weighted by molar-refractivity contribution is 9.10. The third kappa shape index (κ3) is 3.19. The highest BCUT2D eigenvalue weighted by Gasteiger charge is 2.12. The zero-order valence-electron chi connectivity index (χ0n) is 10.6. The minimum atomic E-state index is -1.25. The second-order valence-corrected chi connectivity index (χ2v) is 6.59. The van der Waals surface area contributed by atoms with Gasteiger partial charge in [-0.05, 0) is 59.6 Å². The number of ketones is 1. The molecule has 1 atom stereocenters. The molecule has 0 spiro atoms. The Hall–Kier alpha value is -1.26. The molecule has 4 heteroatoms. The van der Waals surface area contributed by atoms with Crippen molar-refractivity contribution in [2.75, 3.05) is 0 Å². The molecule has 0 aliphatic heterocycles. The van der Waals surface area contributed by atoms with Crippen molar-refractivity contribution in [3.8, 4) is 0 Å². The number of hydrogen-bond acceptors (Lipinski definition) is 2. The van der Waals surface area contributed by atoms with Gasteiger partial charge in [-0.15, -0.1) is 0 Å². The van der Waals surface area contributed by atoms with E-state index in [0.717, 1.165) is 10.5 Å². The van der Waals surface area contributed by atoms with E-state index in [1.807, 2.05) is 31.2 Å². The molecule has 0 heterocycles. The van der Waals surface area contributed by atoms with Crippen molar-refractivity contribution in [2.24, 2.45) is 0 Å². The van der Waals surface area contributed by atoms with Gasteiger partial charge in [0.2, 0.25) is 0 Å². The molecular weight excluding hydrogens is 324 g/mol. The quantitative estimate of drug-likeness (QED) is 0.790. The van der Waals surface area contributed by atoms with Gasteiger partial charge >= 0.3 is 0 Å². The maximum atomic E-state index is 12.5. The number of rotatable bonds is 3. The molecule has 0 amide bonds. The summed E-state index contributed by atoms with van der Waals surface area (Å²) in [6.07, 6.45) is 0. The Kier molecular flexibility index (Phi) is 4.32. The summed E-state index contributed by atoms with van der Waals surface area (Å²) in [5.74, 6) is -0.00594. The second kappa shape index (κ2) is 5.80. The van der Waals surface area contributed by atoms with Gasteiger partial charge in [-0.25, -0.2) is 4.21 Å². The fraction of sp³-hybridized carbons (Fsp3) is 0.133. The van der Waals surface area contributed by atoms with E-state index in [0.29, 0.717) is 14.9 Å². The summed E-state index contributed by atoms with van der Waals surface area (Å²) >= 11 is 3.39. The molecule has 0 saturated heterocycles. The molecule has 2 aromatic rings. The van der Waals surface area contributed by atoms with E-state index in [9.17, 15) is 9.00 Å². The van der Waals surface area contributed by atoms with Crippen molar-refractivity contribution in [1.82, 2.24) is 0 Å². The van der Waals surface area contributed by atoms with Gasteiger partial charge in [0, 0.05) is 14.9 Å². The fourth-order valence-corrected chi connectivity index (χ4v) is 3.72. The first-order valence-corrected chi connectivity index (χ1v) is 7.72. The molecule has 0 N–H and O–H groups in total. The lowest BCUT2D eigenvalue weighted by atomic mass is 10.2. The highest BCUT2D eigenvalue weighted by atomic mass is 79.9. The fourth-order valence-electron chi connectivity index (χ4n) is 1.73. The first-order valence-electron chi connectivity index (χ1n) is 5.78. The third-order valence-corrected chi connectivity index (χ3v) is 5.10. The first kappa shape index (κ1) is 14.2. The number of Topliss-reactive ketones (excluding diaryl/α,β-unsaturated/α-hetero) is 1. The van der Waals surface area contributed by atoms with Crippen LogP contribution in [0.5, 0.6) is 0 Å². The normalized spacial score (nSPS) is 12.2. The van der Waals surface area contributed by atoms with E-state index in [2.05, 4.69) is 15.9 Å². The summed E-state index contributed by atoms with van der Waals surface area (Å²) in [5.41, 5.74) is 1.68. The molecule has 2 aromatic carbocycles. The lowest BCUT2D eigenvalue weighted by molar-refractivity contribution is 0.101. The van der Waals surface area contributed by atoms with Crippen LogP contribution in [0.2, 0.25) is 0 Å². The van der Waals surface area contributed by atoms with Crippen LogP contribution in [0.4, 0.5) is 0 Å². The Morgan fingerprint density at radius 1 is 1.16 bits per heavy atom. The van der Waals surface area contributed by atoms with E-state index < -0.39 is 10.8 Å². The van der Waals surface area contributed by atoms with E-state index >= 15 is 0 Å². The smallest absolute Gasteiger partial charge is 0.159 e. The van der Waals surface area contributed by atoms with Crippen LogP contribution in [0, 0.1) is 6.92 Å². The van der Waals surface area contributed by atoms with Crippen molar-refractivity contribution in [3.05, 3.63) is 58.1 Å². The van der Waals surface area contributed by atoms with Crippen molar-refractivity contribution in [3.63, 3.8) is 0 Å². The van der Waals surface area contributed by atoms with Crippen molar-refractivity contribution in [1.29, 1.82) is 0 Å². The Labute approximate surface area is 123 Å². The molecule has 19 heavy (non-hydrogen) atoms. The average molecular weight is 337 g/mol. The van der Waals surface area contributed by atoms with Gasteiger partial charge in [-0.1, -0.05) is 18.2 Å². The molecule has 0 aromatic heterocycles. The molecule has 0 saturated carbocycles. The molecule has 0 aliphatic carbocycles. The number of halogens is 1. The summed E-state index contributed by atoms with van der Waals surface area (Å²) in [6.45, 7) is 3.48. The molecule has 2 rings (SSSR count). The predicted molar refractivity (Wildman–Crippen MR) is 80.0 cm³/mol. The standard InChI is InChI=1S/C15H13BrO2S/c1-10-4-3-5-13(8-10)19(18)15-7-6-12(11(2)17)9-14(15)16/h3-9H,1-2H3. The van der Waals surface area contributed by atoms with Gasteiger partial charge in [0.05, 0.1) is 15.7 Å². The van der Waals surface area contributed by atoms with E-state index in [-0.39, 0.29) is 5.78 Å². The van der Waals surface area contributed by atoms with Crippen molar-refractivity contribution < 1.29 is 9.00 Å². The Bertz CT molecular complexity index is 665. The molecule has 1 unspecified atom stereocenters. The van der Waals surface area contributed by atoms with Crippen LogP contribution in [-0.2, 0) is 10.8 Å². The number of benzene rings is 2. The minimum Gasteiger partial charge on any atom is -0.295 e. The van der Waals surface area contributed by atoms with Crippen LogP contribution in [0.25, 0.3) is 0 Å². The largest absolute Gasteiger partial charge is 0.295 e. The minimum absolute atomic E-state index is 0.00594. The number of hydrogen-bond donors (Lipinski definition) is 0. The second-order valence-electron chi connectivity index (χ2n) is 4.29. The number of aryl methyl sites for hydroxylation is 1. The van der Waals surface area contributed by atoms with E-state index in [4.69, 9.17) is 0 Å². The van der Waals surface area contributed by atoms with Crippen molar-refractivity contribution >= 4 is 32.5 Å². The molecule has 0 aliphatic rings. The zero-order chi connectivity index (χ0) is 14.0. The van der Waals surface area contributed by atoms with Crippen LogP contribution in [0.1, 0.15) is 22.8 Å². The summed E-state index contributed by atoms with van der Waals surface area (Å²) < 4.78 is 13.2. The average Bonchev–Trinajstić information content (AvgIpc) is 2.37. The summed E-state index contributed by atoms with van der Waals surface area (Å²) in [7, 11) is -1.25. The predicted octanol–water partition coefficient (Wildman–Crippen LogP) is 4.13. The highest BCUT2D eigenvalue weighted by Crippen LogP contribution is 2.26. The Morgan fingerprint density at radius 3 is 2.47 bits per heavy atom. The van der Waals surface area contributed by atoms with Gasteiger partial charge in [-0.2, -0.15) is 0 Å². The topological polar surface area (TPSA) is 34.1 Å². The number of carbonyl (C=O) groups is 1. The Balaban J connectivity index is 2.42.